The third-order valence-electron chi connectivity index (χ3n) is 3.28. The highest BCUT2D eigenvalue weighted by Gasteiger charge is 2.34. The summed E-state index contributed by atoms with van der Waals surface area (Å²) >= 11 is 2.28. The summed E-state index contributed by atoms with van der Waals surface area (Å²) in [5.41, 5.74) is -0.433. The molecular weight excluding hydrogens is 363 g/mol. The van der Waals surface area contributed by atoms with Crippen LogP contribution in [-0.2, 0) is 4.74 Å². The molecule has 7 heteroatoms. The summed E-state index contributed by atoms with van der Waals surface area (Å²) in [5, 5.41) is 9.95. The van der Waals surface area contributed by atoms with Crippen molar-refractivity contribution in [3.05, 3.63) is 32.6 Å². The number of ether oxygens (including phenoxy) is 1. The minimum absolute atomic E-state index is 0.237. The Hall–Kier alpha value is -0.670. The molecule has 0 saturated carbocycles. The van der Waals surface area contributed by atoms with E-state index in [0.717, 1.165) is 17.3 Å². The molecule has 1 aliphatic heterocycles. The van der Waals surface area contributed by atoms with Gasteiger partial charge in [-0.25, -0.2) is 4.79 Å². The average Bonchev–Trinajstić information content (AvgIpc) is 2.72. The van der Waals surface area contributed by atoms with Crippen molar-refractivity contribution in [2.75, 3.05) is 4.43 Å². The standard InChI is InChI=1S/C12H17IN2O4/c1-7-6-15(12(18)14-11(7)17)10-5-8(16)9(19-10)3-2-4-13/h6,8-10,16H,2-5H2,1H3,(H,14,17,18)/t8-,9+,10+/m0/s1. The lowest BCUT2D eigenvalue weighted by atomic mass is 10.1. The molecule has 0 radical (unpaired) electrons. The molecule has 0 bridgehead atoms. The van der Waals surface area contributed by atoms with Crippen molar-refractivity contribution in [1.29, 1.82) is 0 Å². The number of aliphatic hydroxyl groups excluding tert-OH is 1. The van der Waals surface area contributed by atoms with Gasteiger partial charge in [-0.05, 0) is 24.2 Å². The summed E-state index contributed by atoms with van der Waals surface area (Å²) in [4.78, 5) is 25.3. The van der Waals surface area contributed by atoms with Crippen LogP contribution in [0.4, 0.5) is 0 Å². The molecule has 0 spiro atoms. The number of H-pyrrole nitrogens is 1. The van der Waals surface area contributed by atoms with Gasteiger partial charge in [0.1, 0.15) is 6.23 Å². The maximum Gasteiger partial charge on any atom is 0.330 e. The largest absolute Gasteiger partial charge is 0.390 e. The zero-order chi connectivity index (χ0) is 14.0. The van der Waals surface area contributed by atoms with E-state index in [1.807, 2.05) is 0 Å². The zero-order valence-electron chi connectivity index (χ0n) is 10.6. The molecule has 0 amide bonds. The predicted molar refractivity (Wildman–Crippen MR) is 78.7 cm³/mol. The van der Waals surface area contributed by atoms with Gasteiger partial charge in [0.2, 0.25) is 0 Å². The minimum Gasteiger partial charge on any atom is -0.390 e. The minimum atomic E-state index is -0.563. The Labute approximate surface area is 123 Å². The van der Waals surface area contributed by atoms with E-state index in [0.29, 0.717) is 12.0 Å². The van der Waals surface area contributed by atoms with Crippen molar-refractivity contribution in [1.82, 2.24) is 9.55 Å². The Morgan fingerprint density at radius 1 is 1.58 bits per heavy atom. The maximum absolute atomic E-state index is 11.8. The average molecular weight is 380 g/mol. The monoisotopic (exact) mass is 380 g/mol. The van der Waals surface area contributed by atoms with Gasteiger partial charge >= 0.3 is 5.69 Å². The first-order valence-electron chi connectivity index (χ1n) is 6.24. The molecule has 2 N–H and O–H groups in total. The van der Waals surface area contributed by atoms with E-state index in [9.17, 15) is 14.7 Å². The number of aromatic amines is 1. The Kier molecular flexibility index (Phi) is 4.80. The third kappa shape index (κ3) is 3.26. The lowest BCUT2D eigenvalue weighted by Crippen LogP contribution is -2.33. The maximum atomic E-state index is 11.8. The number of aliphatic hydroxyl groups is 1. The molecule has 1 aromatic rings. The van der Waals surface area contributed by atoms with Crippen molar-refractivity contribution in [3.63, 3.8) is 0 Å². The molecule has 0 unspecified atom stereocenters. The summed E-state index contributed by atoms with van der Waals surface area (Å²) in [6.07, 6.45) is 2.30. The highest BCUT2D eigenvalue weighted by atomic mass is 127. The first kappa shape index (κ1) is 14.7. The second-order valence-corrected chi connectivity index (χ2v) is 5.82. The lowest BCUT2D eigenvalue weighted by Gasteiger charge is -2.15. The molecular formula is C12H17IN2O4. The summed E-state index contributed by atoms with van der Waals surface area (Å²) in [7, 11) is 0. The summed E-state index contributed by atoms with van der Waals surface area (Å²) in [6.45, 7) is 1.63. The van der Waals surface area contributed by atoms with Gasteiger partial charge in [-0.3, -0.25) is 14.3 Å². The van der Waals surface area contributed by atoms with Crippen LogP contribution in [0.25, 0.3) is 0 Å². The SMILES string of the molecule is Cc1cn([C@H]2C[C@H](O)[C@@H](CCCI)O2)c(=O)[nH]c1=O. The second kappa shape index (κ2) is 6.19. The summed E-state index contributed by atoms with van der Waals surface area (Å²) in [6, 6.07) is 0. The summed E-state index contributed by atoms with van der Waals surface area (Å²) < 4.78 is 8.08. The van der Waals surface area contributed by atoms with E-state index in [-0.39, 0.29) is 11.7 Å². The van der Waals surface area contributed by atoms with Crippen LogP contribution in [0.5, 0.6) is 0 Å². The molecule has 19 heavy (non-hydrogen) atoms. The Morgan fingerprint density at radius 3 is 3.00 bits per heavy atom. The number of aryl methyl sites for hydroxylation is 1. The Morgan fingerprint density at radius 2 is 2.32 bits per heavy atom. The molecule has 2 heterocycles. The van der Waals surface area contributed by atoms with Crippen LogP contribution in [0.2, 0.25) is 0 Å². The van der Waals surface area contributed by atoms with Crippen LogP contribution in [0.3, 0.4) is 0 Å². The molecule has 0 aromatic carbocycles. The topological polar surface area (TPSA) is 84.3 Å². The van der Waals surface area contributed by atoms with E-state index in [1.54, 1.807) is 6.92 Å². The first-order valence-corrected chi connectivity index (χ1v) is 7.77. The highest BCUT2D eigenvalue weighted by Crippen LogP contribution is 2.30. The molecule has 6 nitrogen and oxygen atoms in total. The highest BCUT2D eigenvalue weighted by molar-refractivity contribution is 14.1. The third-order valence-corrected chi connectivity index (χ3v) is 4.05. The fourth-order valence-corrected chi connectivity index (χ4v) is 2.66. The van der Waals surface area contributed by atoms with Gasteiger partial charge in [-0.15, -0.1) is 0 Å². The molecule has 1 saturated heterocycles. The van der Waals surface area contributed by atoms with Crippen molar-refractivity contribution in [2.45, 2.75) is 44.6 Å². The van der Waals surface area contributed by atoms with Gasteiger partial charge in [-0.2, -0.15) is 0 Å². The lowest BCUT2D eigenvalue weighted by molar-refractivity contribution is -0.0243. The normalized spacial score (nSPS) is 26.8. The van der Waals surface area contributed by atoms with Crippen LogP contribution in [0.15, 0.2) is 15.8 Å². The van der Waals surface area contributed by atoms with Crippen molar-refractivity contribution >= 4 is 22.6 Å². The van der Waals surface area contributed by atoms with Crippen LogP contribution >= 0.6 is 22.6 Å². The number of alkyl halides is 1. The molecule has 1 aliphatic rings. The predicted octanol–water partition coefficient (Wildman–Crippen LogP) is 0.709. The number of hydrogen-bond donors (Lipinski definition) is 2. The number of hydrogen-bond acceptors (Lipinski definition) is 4. The van der Waals surface area contributed by atoms with Gasteiger partial charge < -0.3 is 9.84 Å². The fourth-order valence-electron chi connectivity index (χ4n) is 2.22. The molecule has 1 fully saturated rings. The number of aromatic nitrogens is 2. The fraction of sp³-hybridized carbons (Fsp3) is 0.667. The van der Waals surface area contributed by atoms with Gasteiger partial charge in [0.15, 0.2) is 0 Å². The van der Waals surface area contributed by atoms with Crippen LogP contribution in [-0.4, -0.2) is 31.3 Å². The Bertz CT molecular complexity index is 553. The number of halogens is 1. The van der Waals surface area contributed by atoms with Crippen LogP contribution < -0.4 is 11.2 Å². The van der Waals surface area contributed by atoms with Gasteiger partial charge in [0, 0.05) is 18.2 Å². The van der Waals surface area contributed by atoms with Crippen molar-refractivity contribution < 1.29 is 9.84 Å². The van der Waals surface area contributed by atoms with E-state index in [1.165, 1.54) is 10.8 Å². The molecule has 106 valence electrons. The number of rotatable bonds is 4. The first-order chi connectivity index (χ1) is 9.02. The van der Waals surface area contributed by atoms with Crippen LogP contribution in [0.1, 0.15) is 31.1 Å². The van der Waals surface area contributed by atoms with Crippen LogP contribution in [0, 0.1) is 6.92 Å². The summed E-state index contributed by atoms with van der Waals surface area (Å²) in [5.74, 6) is 0. The van der Waals surface area contributed by atoms with Crippen molar-refractivity contribution in [2.24, 2.45) is 0 Å². The smallest absolute Gasteiger partial charge is 0.330 e. The van der Waals surface area contributed by atoms with Gasteiger partial charge in [-0.1, -0.05) is 22.6 Å². The molecule has 2 rings (SSSR count). The number of nitrogens with zero attached hydrogens (tertiary/aromatic N) is 1. The molecule has 3 atom stereocenters. The number of nitrogens with one attached hydrogen (secondary N) is 1. The molecule has 1 aromatic heterocycles. The van der Waals surface area contributed by atoms with Crippen molar-refractivity contribution in [3.8, 4) is 0 Å². The van der Waals surface area contributed by atoms with E-state index in [4.69, 9.17) is 4.74 Å². The molecule has 0 aliphatic carbocycles. The van der Waals surface area contributed by atoms with E-state index < -0.39 is 18.0 Å². The second-order valence-electron chi connectivity index (χ2n) is 4.74. The van der Waals surface area contributed by atoms with Gasteiger partial charge in [0.05, 0.1) is 12.2 Å². The van der Waals surface area contributed by atoms with E-state index >= 15 is 0 Å². The quantitative estimate of drug-likeness (QED) is 0.595. The van der Waals surface area contributed by atoms with Gasteiger partial charge in [0.25, 0.3) is 5.56 Å². The Balaban J connectivity index is 2.18. The van der Waals surface area contributed by atoms with E-state index in [2.05, 4.69) is 27.6 Å². The zero-order valence-corrected chi connectivity index (χ0v) is 12.8.